The van der Waals surface area contributed by atoms with Crippen molar-refractivity contribution in [2.45, 2.75) is 6.92 Å². The van der Waals surface area contributed by atoms with Gasteiger partial charge in [-0.1, -0.05) is 6.07 Å². The van der Waals surface area contributed by atoms with Gasteiger partial charge in [-0.3, -0.25) is 4.79 Å². The number of nitrogens with zero attached hydrogens (tertiary/aromatic N) is 2. The molecule has 76 valence electrons. The van der Waals surface area contributed by atoms with E-state index in [0.29, 0.717) is 5.56 Å². The molecular formula is C11H11N3O. The number of aromatic nitrogens is 2. The van der Waals surface area contributed by atoms with Crippen LogP contribution in [-0.4, -0.2) is 15.5 Å². The number of nitrogens with two attached hydrogens (primary N) is 1. The van der Waals surface area contributed by atoms with Crippen LogP contribution in [0.5, 0.6) is 0 Å². The number of primary amides is 1. The third-order valence-electron chi connectivity index (χ3n) is 2.20. The fourth-order valence-electron chi connectivity index (χ4n) is 1.42. The number of amides is 1. The van der Waals surface area contributed by atoms with Gasteiger partial charge in [0, 0.05) is 18.6 Å². The van der Waals surface area contributed by atoms with E-state index in [4.69, 9.17) is 5.73 Å². The Morgan fingerprint density at radius 2 is 2.27 bits per heavy atom. The first-order valence-corrected chi connectivity index (χ1v) is 4.58. The van der Waals surface area contributed by atoms with Crippen molar-refractivity contribution in [1.29, 1.82) is 0 Å². The van der Waals surface area contributed by atoms with Crippen LogP contribution in [0, 0.1) is 6.92 Å². The Morgan fingerprint density at radius 3 is 2.87 bits per heavy atom. The highest BCUT2D eigenvalue weighted by molar-refractivity contribution is 5.92. The summed E-state index contributed by atoms with van der Waals surface area (Å²) >= 11 is 0. The van der Waals surface area contributed by atoms with Gasteiger partial charge in [-0.15, -0.1) is 0 Å². The van der Waals surface area contributed by atoms with E-state index in [2.05, 4.69) is 4.98 Å². The molecule has 0 aliphatic carbocycles. The number of hydrogen-bond acceptors (Lipinski definition) is 2. The molecule has 2 rings (SSSR count). The van der Waals surface area contributed by atoms with Crippen molar-refractivity contribution < 1.29 is 4.79 Å². The summed E-state index contributed by atoms with van der Waals surface area (Å²) in [5, 5.41) is 0. The van der Waals surface area contributed by atoms with Crippen LogP contribution in [0.1, 0.15) is 15.9 Å². The van der Waals surface area contributed by atoms with E-state index in [9.17, 15) is 4.79 Å². The lowest BCUT2D eigenvalue weighted by molar-refractivity contribution is 0.100. The van der Waals surface area contributed by atoms with Crippen molar-refractivity contribution in [2.75, 3.05) is 0 Å². The SMILES string of the molecule is Cc1cccnc1-n1ccc(C(N)=O)c1. The number of aryl methyl sites for hydroxylation is 1. The predicted molar refractivity (Wildman–Crippen MR) is 56.8 cm³/mol. The summed E-state index contributed by atoms with van der Waals surface area (Å²) < 4.78 is 1.79. The molecule has 4 heteroatoms. The summed E-state index contributed by atoms with van der Waals surface area (Å²) in [5.41, 5.74) is 6.70. The third kappa shape index (κ3) is 1.74. The second-order valence-electron chi connectivity index (χ2n) is 3.32. The molecule has 0 atom stereocenters. The van der Waals surface area contributed by atoms with Crippen LogP contribution < -0.4 is 5.73 Å². The average Bonchev–Trinajstić information content (AvgIpc) is 2.67. The minimum absolute atomic E-state index is 0.428. The van der Waals surface area contributed by atoms with Crippen LogP contribution in [0.2, 0.25) is 0 Å². The van der Waals surface area contributed by atoms with Gasteiger partial charge >= 0.3 is 0 Å². The van der Waals surface area contributed by atoms with Crippen LogP contribution in [0.25, 0.3) is 5.82 Å². The smallest absolute Gasteiger partial charge is 0.250 e. The third-order valence-corrected chi connectivity index (χ3v) is 2.20. The zero-order chi connectivity index (χ0) is 10.8. The number of rotatable bonds is 2. The Kier molecular flexibility index (Phi) is 2.25. The van der Waals surface area contributed by atoms with Gasteiger partial charge in [0.15, 0.2) is 0 Å². The highest BCUT2D eigenvalue weighted by Crippen LogP contribution is 2.11. The Bertz CT molecular complexity index is 502. The quantitative estimate of drug-likeness (QED) is 0.795. The largest absolute Gasteiger partial charge is 0.366 e. The molecule has 2 heterocycles. The monoisotopic (exact) mass is 201 g/mol. The normalized spacial score (nSPS) is 10.2. The number of carbonyl (C=O) groups excluding carboxylic acids is 1. The van der Waals surface area contributed by atoms with E-state index >= 15 is 0 Å². The summed E-state index contributed by atoms with van der Waals surface area (Å²) in [5.74, 6) is 0.382. The van der Waals surface area contributed by atoms with Crippen molar-refractivity contribution in [3.05, 3.63) is 47.9 Å². The Labute approximate surface area is 87.4 Å². The Balaban J connectivity index is 2.46. The second kappa shape index (κ2) is 3.57. The topological polar surface area (TPSA) is 60.9 Å². The molecule has 2 N–H and O–H groups in total. The number of hydrogen-bond donors (Lipinski definition) is 1. The number of carbonyl (C=O) groups is 1. The molecule has 0 fully saturated rings. The van der Waals surface area contributed by atoms with E-state index < -0.39 is 5.91 Å². The van der Waals surface area contributed by atoms with Gasteiger partial charge in [0.05, 0.1) is 5.56 Å². The van der Waals surface area contributed by atoms with Crippen molar-refractivity contribution in [3.63, 3.8) is 0 Å². The maximum absolute atomic E-state index is 10.9. The lowest BCUT2D eigenvalue weighted by atomic mass is 10.3. The first kappa shape index (κ1) is 9.45. The van der Waals surface area contributed by atoms with Crippen molar-refractivity contribution in [1.82, 2.24) is 9.55 Å². The van der Waals surface area contributed by atoms with E-state index in [1.54, 1.807) is 29.2 Å². The highest BCUT2D eigenvalue weighted by atomic mass is 16.1. The summed E-state index contributed by atoms with van der Waals surface area (Å²) in [6.45, 7) is 1.96. The molecule has 0 spiro atoms. The highest BCUT2D eigenvalue weighted by Gasteiger charge is 2.05. The second-order valence-corrected chi connectivity index (χ2v) is 3.32. The summed E-state index contributed by atoms with van der Waals surface area (Å²) in [6.07, 6.45) is 5.17. The fraction of sp³-hybridized carbons (Fsp3) is 0.0909. The van der Waals surface area contributed by atoms with Crippen LogP contribution in [0.4, 0.5) is 0 Å². The Hall–Kier alpha value is -2.10. The minimum atomic E-state index is -0.428. The summed E-state index contributed by atoms with van der Waals surface area (Å²) in [6, 6.07) is 5.51. The predicted octanol–water partition coefficient (Wildman–Crippen LogP) is 1.28. The zero-order valence-electron chi connectivity index (χ0n) is 8.34. The molecule has 0 unspecified atom stereocenters. The molecule has 4 nitrogen and oxygen atoms in total. The van der Waals surface area contributed by atoms with Crippen LogP contribution >= 0.6 is 0 Å². The van der Waals surface area contributed by atoms with Crippen LogP contribution in [0.15, 0.2) is 36.8 Å². The zero-order valence-corrected chi connectivity index (χ0v) is 8.34. The minimum Gasteiger partial charge on any atom is -0.366 e. The molecule has 0 aromatic carbocycles. The first-order valence-electron chi connectivity index (χ1n) is 4.58. The van der Waals surface area contributed by atoms with Crippen molar-refractivity contribution in [3.8, 4) is 5.82 Å². The molecule has 1 amide bonds. The van der Waals surface area contributed by atoms with E-state index in [-0.39, 0.29) is 0 Å². The standard InChI is InChI=1S/C11H11N3O/c1-8-3-2-5-13-11(8)14-6-4-9(7-14)10(12)15/h2-7H,1H3,(H2,12,15). The van der Waals surface area contributed by atoms with Gasteiger partial charge in [-0.2, -0.15) is 0 Å². The van der Waals surface area contributed by atoms with E-state index in [1.807, 2.05) is 19.1 Å². The number of pyridine rings is 1. The summed E-state index contributed by atoms with van der Waals surface area (Å²) in [4.78, 5) is 15.2. The van der Waals surface area contributed by atoms with Crippen LogP contribution in [-0.2, 0) is 0 Å². The lowest BCUT2D eigenvalue weighted by Gasteiger charge is -2.04. The molecule has 0 aliphatic rings. The molecule has 0 bridgehead atoms. The molecule has 0 saturated heterocycles. The van der Waals surface area contributed by atoms with Gasteiger partial charge in [0.25, 0.3) is 0 Å². The van der Waals surface area contributed by atoms with Crippen molar-refractivity contribution in [2.24, 2.45) is 5.73 Å². The van der Waals surface area contributed by atoms with Crippen LogP contribution in [0.3, 0.4) is 0 Å². The molecule has 0 saturated carbocycles. The molecular weight excluding hydrogens is 190 g/mol. The molecule has 0 aliphatic heterocycles. The first-order chi connectivity index (χ1) is 7.18. The molecule has 2 aromatic heterocycles. The maximum atomic E-state index is 10.9. The maximum Gasteiger partial charge on any atom is 0.250 e. The van der Waals surface area contributed by atoms with Crippen molar-refractivity contribution >= 4 is 5.91 Å². The summed E-state index contributed by atoms with van der Waals surface area (Å²) in [7, 11) is 0. The van der Waals surface area contributed by atoms with E-state index in [0.717, 1.165) is 11.4 Å². The Morgan fingerprint density at radius 1 is 1.47 bits per heavy atom. The van der Waals surface area contributed by atoms with Gasteiger partial charge in [0.2, 0.25) is 5.91 Å². The fourth-order valence-corrected chi connectivity index (χ4v) is 1.42. The van der Waals surface area contributed by atoms with Gasteiger partial charge in [-0.25, -0.2) is 4.98 Å². The van der Waals surface area contributed by atoms with Gasteiger partial charge in [-0.05, 0) is 24.6 Å². The van der Waals surface area contributed by atoms with Gasteiger partial charge < -0.3 is 10.3 Å². The van der Waals surface area contributed by atoms with E-state index in [1.165, 1.54) is 0 Å². The van der Waals surface area contributed by atoms with Gasteiger partial charge in [0.1, 0.15) is 5.82 Å². The average molecular weight is 201 g/mol. The lowest BCUT2D eigenvalue weighted by Crippen LogP contribution is -2.09. The molecule has 2 aromatic rings. The molecule has 0 radical (unpaired) electrons. The molecule has 15 heavy (non-hydrogen) atoms.